The van der Waals surface area contributed by atoms with Crippen molar-refractivity contribution < 1.29 is 18.5 Å². The Hall–Kier alpha value is -3.39. The van der Waals surface area contributed by atoms with E-state index in [1.807, 2.05) is 12.1 Å². The predicted molar refractivity (Wildman–Crippen MR) is 113 cm³/mol. The zero-order valence-electron chi connectivity index (χ0n) is 16.0. The maximum Gasteiger partial charge on any atom is 0.296 e. The molecule has 4 aromatic rings. The van der Waals surface area contributed by atoms with E-state index in [-0.39, 0.29) is 16.8 Å². The van der Waals surface area contributed by atoms with E-state index in [4.69, 9.17) is 13.7 Å². The second kappa shape index (κ2) is 6.84. The number of carbonyl (C=O) groups excluding carboxylic acids is 1. The lowest BCUT2D eigenvalue weighted by Crippen LogP contribution is -2.29. The molecule has 0 aliphatic carbocycles. The van der Waals surface area contributed by atoms with Crippen LogP contribution in [-0.4, -0.2) is 18.2 Å². The Labute approximate surface area is 179 Å². The van der Waals surface area contributed by atoms with Crippen LogP contribution in [0.1, 0.15) is 33.5 Å². The average molecular weight is 467 g/mol. The second-order valence-electron chi connectivity index (χ2n) is 6.96. The van der Waals surface area contributed by atoms with E-state index in [9.17, 15) is 9.59 Å². The molecule has 0 bridgehead atoms. The maximum absolute atomic E-state index is 13.5. The molecule has 8 heteroatoms. The van der Waals surface area contributed by atoms with Gasteiger partial charge in [-0.1, -0.05) is 33.2 Å². The molecule has 0 fully saturated rings. The molecule has 0 radical (unpaired) electrons. The maximum atomic E-state index is 13.5. The highest BCUT2D eigenvalue weighted by Gasteiger charge is 2.45. The van der Waals surface area contributed by atoms with Gasteiger partial charge in [-0.25, -0.2) is 0 Å². The first-order chi connectivity index (χ1) is 14.5. The van der Waals surface area contributed by atoms with Gasteiger partial charge in [0.1, 0.15) is 17.1 Å². The first kappa shape index (κ1) is 18.6. The minimum Gasteiger partial charge on any atom is -0.497 e. The molecular weight excluding hydrogens is 452 g/mol. The van der Waals surface area contributed by atoms with E-state index >= 15 is 0 Å². The minimum atomic E-state index is -0.730. The van der Waals surface area contributed by atoms with Gasteiger partial charge >= 0.3 is 0 Å². The number of amides is 1. The van der Waals surface area contributed by atoms with Crippen molar-refractivity contribution in [1.82, 2.24) is 5.16 Å². The number of fused-ring (bicyclic) bond motifs is 2. The molecule has 30 heavy (non-hydrogen) atoms. The van der Waals surface area contributed by atoms with Crippen LogP contribution in [-0.2, 0) is 0 Å². The van der Waals surface area contributed by atoms with Gasteiger partial charge in [0.15, 0.2) is 11.2 Å². The second-order valence-corrected chi connectivity index (χ2v) is 7.88. The predicted octanol–water partition coefficient (Wildman–Crippen LogP) is 4.61. The van der Waals surface area contributed by atoms with Gasteiger partial charge < -0.3 is 13.7 Å². The number of aromatic nitrogens is 1. The van der Waals surface area contributed by atoms with Gasteiger partial charge in [-0.3, -0.25) is 14.5 Å². The molecule has 0 N–H and O–H groups in total. The smallest absolute Gasteiger partial charge is 0.296 e. The molecular formula is C22H15BrN2O5. The van der Waals surface area contributed by atoms with Crippen LogP contribution in [0.4, 0.5) is 5.82 Å². The van der Waals surface area contributed by atoms with Crippen LogP contribution < -0.4 is 15.1 Å². The van der Waals surface area contributed by atoms with Crippen LogP contribution in [0.2, 0.25) is 0 Å². The summed E-state index contributed by atoms with van der Waals surface area (Å²) in [6.07, 6.45) is 0. The van der Waals surface area contributed by atoms with Gasteiger partial charge in [0, 0.05) is 10.5 Å². The molecule has 150 valence electrons. The van der Waals surface area contributed by atoms with E-state index in [1.54, 1.807) is 50.4 Å². The Kier molecular flexibility index (Phi) is 4.25. The average Bonchev–Trinajstić information content (AvgIpc) is 3.30. The molecule has 0 unspecified atom stereocenters. The molecule has 0 saturated heterocycles. The third-order valence-electron chi connectivity index (χ3n) is 5.10. The lowest BCUT2D eigenvalue weighted by atomic mass is 9.98. The van der Waals surface area contributed by atoms with Crippen molar-refractivity contribution in [3.05, 3.63) is 85.9 Å². The van der Waals surface area contributed by atoms with Crippen LogP contribution in [0, 0.1) is 6.92 Å². The molecule has 1 aliphatic heterocycles. The highest BCUT2D eigenvalue weighted by molar-refractivity contribution is 9.10. The summed E-state index contributed by atoms with van der Waals surface area (Å²) in [5, 5.41) is 4.40. The van der Waals surface area contributed by atoms with E-state index in [1.165, 1.54) is 4.90 Å². The van der Waals surface area contributed by atoms with Crippen molar-refractivity contribution in [3.8, 4) is 5.75 Å². The number of carbonyl (C=O) groups is 1. The number of nitrogens with zero attached hydrogens (tertiary/aromatic N) is 2. The fourth-order valence-corrected chi connectivity index (χ4v) is 4.14. The van der Waals surface area contributed by atoms with Gasteiger partial charge in [0.05, 0.1) is 24.1 Å². The summed E-state index contributed by atoms with van der Waals surface area (Å²) in [5.41, 5.74) is 1.04. The monoisotopic (exact) mass is 466 g/mol. The van der Waals surface area contributed by atoms with Gasteiger partial charge in [0.25, 0.3) is 5.91 Å². The molecule has 1 aliphatic rings. The quantitative estimate of drug-likeness (QED) is 0.438. The first-order valence-electron chi connectivity index (χ1n) is 9.15. The number of methoxy groups -OCH3 is 1. The number of rotatable bonds is 3. The van der Waals surface area contributed by atoms with Crippen molar-refractivity contribution in [2.45, 2.75) is 13.0 Å². The van der Waals surface area contributed by atoms with Gasteiger partial charge in [-0.2, -0.15) is 0 Å². The number of hydrogen-bond acceptors (Lipinski definition) is 6. The fraction of sp³-hybridized carbons (Fsp3) is 0.136. The van der Waals surface area contributed by atoms with E-state index in [2.05, 4.69) is 21.1 Å². The summed E-state index contributed by atoms with van der Waals surface area (Å²) >= 11 is 3.39. The van der Waals surface area contributed by atoms with Crippen molar-refractivity contribution in [1.29, 1.82) is 0 Å². The Morgan fingerprint density at radius 2 is 1.97 bits per heavy atom. The summed E-state index contributed by atoms with van der Waals surface area (Å²) in [6.45, 7) is 1.74. The van der Waals surface area contributed by atoms with E-state index in [0.717, 1.165) is 4.47 Å². The Bertz CT molecular complexity index is 1370. The fourth-order valence-electron chi connectivity index (χ4n) is 3.78. The molecule has 2 aromatic heterocycles. The molecule has 2 aromatic carbocycles. The van der Waals surface area contributed by atoms with Gasteiger partial charge in [0.2, 0.25) is 5.76 Å². The van der Waals surface area contributed by atoms with Gasteiger partial charge in [-0.15, -0.1) is 0 Å². The summed E-state index contributed by atoms with van der Waals surface area (Å²) < 4.78 is 17.2. The third kappa shape index (κ3) is 2.75. The van der Waals surface area contributed by atoms with Crippen LogP contribution in [0.3, 0.4) is 0 Å². The lowest BCUT2D eigenvalue weighted by molar-refractivity contribution is 0.0969. The first-order valence-corrected chi connectivity index (χ1v) is 9.94. The van der Waals surface area contributed by atoms with Crippen molar-refractivity contribution >= 4 is 38.6 Å². The summed E-state index contributed by atoms with van der Waals surface area (Å²) in [6, 6.07) is 13.3. The van der Waals surface area contributed by atoms with Crippen molar-refractivity contribution in [3.63, 3.8) is 0 Å². The zero-order chi connectivity index (χ0) is 21.0. The topological polar surface area (TPSA) is 85.8 Å². The number of ether oxygens (including phenoxy) is 1. The number of anilines is 1. The molecule has 5 rings (SSSR count). The highest BCUT2D eigenvalue weighted by atomic mass is 79.9. The zero-order valence-corrected chi connectivity index (χ0v) is 17.6. The van der Waals surface area contributed by atoms with Gasteiger partial charge in [-0.05, 0) is 42.8 Å². The largest absolute Gasteiger partial charge is 0.497 e. The van der Waals surface area contributed by atoms with Crippen molar-refractivity contribution in [2.24, 2.45) is 0 Å². The van der Waals surface area contributed by atoms with Crippen LogP contribution in [0.15, 0.2) is 66.7 Å². The van der Waals surface area contributed by atoms with Crippen LogP contribution in [0.5, 0.6) is 5.75 Å². The molecule has 3 heterocycles. The number of hydrogen-bond donors (Lipinski definition) is 0. The minimum absolute atomic E-state index is 0.00305. The molecule has 1 amide bonds. The molecule has 7 nitrogen and oxygen atoms in total. The summed E-state index contributed by atoms with van der Waals surface area (Å²) in [7, 11) is 1.56. The Morgan fingerprint density at radius 3 is 2.70 bits per heavy atom. The summed E-state index contributed by atoms with van der Waals surface area (Å²) in [5.74, 6) is 1.02. The normalized spacial score (nSPS) is 15.6. The highest BCUT2D eigenvalue weighted by Crippen LogP contribution is 2.41. The number of aryl methyl sites for hydroxylation is 1. The summed E-state index contributed by atoms with van der Waals surface area (Å²) in [4.78, 5) is 28.3. The number of benzene rings is 2. The Balaban J connectivity index is 1.83. The van der Waals surface area contributed by atoms with E-state index < -0.39 is 11.9 Å². The number of halogens is 1. The third-order valence-corrected chi connectivity index (χ3v) is 5.60. The standard InChI is InChI=1S/C22H15BrN2O5/c1-11-8-17(24-30-11)25-19(12-4-3-5-14(9-12)28-2)18-20(26)15-10-13(23)6-7-16(15)29-21(18)22(25)27/h3-10,19H,1-2H3/t19-/m0/s1. The van der Waals surface area contributed by atoms with Crippen molar-refractivity contribution in [2.75, 3.05) is 12.0 Å². The van der Waals surface area contributed by atoms with Crippen LogP contribution in [0.25, 0.3) is 11.0 Å². The lowest BCUT2D eigenvalue weighted by Gasteiger charge is -2.22. The Morgan fingerprint density at radius 1 is 1.13 bits per heavy atom. The molecule has 0 saturated carbocycles. The SMILES string of the molecule is COc1cccc([C@H]2c3c(oc4ccc(Br)cc4c3=O)C(=O)N2c2cc(C)on2)c1. The molecule has 1 atom stereocenters. The van der Waals surface area contributed by atoms with Crippen LogP contribution >= 0.6 is 15.9 Å². The molecule has 0 spiro atoms. The van der Waals surface area contributed by atoms with E-state index in [0.29, 0.717) is 33.9 Å².